The number of benzene rings is 1. The molecule has 1 aromatic carbocycles. The fraction of sp³-hybridized carbons (Fsp3) is 0.520. The number of carbonyl (C=O) groups excluding carboxylic acids is 2. The molecule has 5 rings (SSSR count). The number of aromatic nitrogens is 2. The van der Waals surface area contributed by atoms with E-state index in [0.29, 0.717) is 32.1 Å². The maximum Gasteiger partial charge on any atom is 0.271 e. The van der Waals surface area contributed by atoms with Crippen LogP contribution in [0.1, 0.15) is 69.1 Å². The Balaban J connectivity index is 1.34. The third kappa shape index (κ3) is 5.41. The molecule has 3 aliphatic carbocycles. The fourth-order valence-electron chi connectivity index (χ4n) is 4.83. The van der Waals surface area contributed by atoms with Crippen molar-refractivity contribution in [2.45, 2.75) is 75.5 Å². The molecular weight excluding hydrogens is 475 g/mol. The molecule has 0 saturated heterocycles. The Morgan fingerprint density at radius 1 is 1.17 bits per heavy atom. The minimum Gasteiger partial charge on any atom is -0.484 e. The fourth-order valence-corrected chi connectivity index (χ4v) is 4.95. The van der Waals surface area contributed by atoms with Crippen molar-refractivity contribution in [1.29, 1.82) is 0 Å². The first-order valence-corrected chi connectivity index (χ1v) is 12.0. The summed E-state index contributed by atoms with van der Waals surface area (Å²) < 4.78 is 18.9. The Labute approximate surface area is 208 Å². The molecule has 0 radical (unpaired) electrons. The van der Waals surface area contributed by atoms with E-state index >= 15 is 0 Å². The molecule has 0 aliphatic heterocycles. The zero-order valence-corrected chi connectivity index (χ0v) is 20.8. The Morgan fingerprint density at radius 3 is 2.46 bits per heavy atom. The lowest BCUT2D eigenvalue weighted by atomic mass is 9.60. The van der Waals surface area contributed by atoms with E-state index in [0.717, 1.165) is 11.8 Å². The molecule has 1 atom stereocenters. The highest BCUT2D eigenvalue weighted by Crippen LogP contribution is 2.47. The molecule has 2 bridgehead atoms. The second-order valence-electron chi connectivity index (χ2n) is 10.6. The number of fused-ring (bicyclic) bond motifs is 3. The first-order valence-electron chi connectivity index (χ1n) is 11.6. The highest BCUT2D eigenvalue weighted by atomic mass is 35.5. The standard InChI is InChI=1S/C25H30ClFN4O4/c1-23(2,3)19-13-28-18(12-29-19)22(34)31-24-6-8-25(9-7-24,20(32)11-24)30-21(33)14-35-15-4-5-16(26)17(27)10-15/h4-5,10,12-13,20,32H,6-9,11,14H2,1-3H3,(H,30,33)(H,31,34)/t20-,24?,25?/m1/s1. The van der Waals surface area contributed by atoms with Gasteiger partial charge in [-0.2, -0.15) is 0 Å². The van der Waals surface area contributed by atoms with Gasteiger partial charge in [0.15, 0.2) is 6.61 Å². The Bertz CT molecular complexity index is 1110. The molecule has 2 aromatic rings. The molecule has 3 N–H and O–H groups in total. The van der Waals surface area contributed by atoms with E-state index in [-0.39, 0.29) is 34.4 Å². The molecule has 0 spiro atoms. The van der Waals surface area contributed by atoms with E-state index < -0.39 is 28.9 Å². The zero-order valence-electron chi connectivity index (χ0n) is 20.0. The summed E-state index contributed by atoms with van der Waals surface area (Å²) in [5.74, 6) is -1.18. The van der Waals surface area contributed by atoms with Crippen molar-refractivity contribution in [1.82, 2.24) is 20.6 Å². The summed E-state index contributed by atoms with van der Waals surface area (Å²) in [6.07, 6.45) is 4.79. The van der Waals surface area contributed by atoms with E-state index in [4.69, 9.17) is 16.3 Å². The van der Waals surface area contributed by atoms with Gasteiger partial charge in [-0.25, -0.2) is 9.37 Å². The summed E-state index contributed by atoms with van der Waals surface area (Å²) >= 11 is 5.66. The van der Waals surface area contributed by atoms with Crippen molar-refractivity contribution in [3.8, 4) is 5.75 Å². The normalized spacial score (nSPS) is 25.7. The van der Waals surface area contributed by atoms with E-state index in [1.807, 2.05) is 20.8 Å². The Hall–Kier alpha value is -2.78. The van der Waals surface area contributed by atoms with Crippen molar-refractivity contribution in [3.05, 3.63) is 52.8 Å². The van der Waals surface area contributed by atoms with E-state index in [1.54, 1.807) is 6.20 Å². The molecule has 1 aromatic heterocycles. The SMILES string of the molecule is CC(C)(C)c1cnc(C(=O)NC23CCC(NC(=O)COc4ccc(Cl)c(F)c4)(CC2)[C@H](O)C3)cn1. The summed E-state index contributed by atoms with van der Waals surface area (Å²) in [5.41, 5.74) is -0.490. The molecule has 3 fully saturated rings. The van der Waals surface area contributed by atoms with Crippen LogP contribution in [0.5, 0.6) is 5.75 Å². The predicted octanol–water partition coefficient (Wildman–Crippen LogP) is 3.31. The minimum atomic E-state index is -0.837. The number of ether oxygens (including phenoxy) is 1. The second kappa shape index (κ2) is 9.35. The highest BCUT2D eigenvalue weighted by Gasteiger charge is 2.55. The van der Waals surface area contributed by atoms with Gasteiger partial charge >= 0.3 is 0 Å². The highest BCUT2D eigenvalue weighted by molar-refractivity contribution is 6.30. The summed E-state index contributed by atoms with van der Waals surface area (Å²) in [6, 6.07) is 3.94. The van der Waals surface area contributed by atoms with Crippen LogP contribution in [-0.2, 0) is 10.2 Å². The van der Waals surface area contributed by atoms with Crippen molar-refractivity contribution in [3.63, 3.8) is 0 Å². The van der Waals surface area contributed by atoms with Crippen LogP contribution in [-0.4, -0.2) is 50.7 Å². The lowest BCUT2D eigenvalue weighted by Crippen LogP contribution is -2.70. The molecular formula is C25H30ClFN4O4. The van der Waals surface area contributed by atoms with Gasteiger partial charge in [-0.3, -0.25) is 14.6 Å². The number of halogens is 2. The molecule has 35 heavy (non-hydrogen) atoms. The Morgan fingerprint density at radius 2 is 1.89 bits per heavy atom. The summed E-state index contributed by atoms with van der Waals surface area (Å²) in [4.78, 5) is 34.1. The molecule has 2 amide bonds. The summed E-state index contributed by atoms with van der Waals surface area (Å²) in [6.45, 7) is 5.75. The number of nitrogens with zero attached hydrogens (tertiary/aromatic N) is 2. The van der Waals surface area contributed by atoms with Gasteiger partial charge in [0.2, 0.25) is 0 Å². The van der Waals surface area contributed by atoms with Crippen LogP contribution in [0.4, 0.5) is 4.39 Å². The lowest BCUT2D eigenvalue weighted by molar-refractivity contribution is -0.132. The van der Waals surface area contributed by atoms with E-state index in [2.05, 4.69) is 20.6 Å². The smallest absolute Gasteiger partial charge is 0.271 e. The number of carbonyl (C=O) groups is 2. The van der Waals surface area contributed by atoms with Gasteiger partial charge in [0, 0.05) is 23.2 Å². The van der Waals surface area contributed by atoms with Crippen LogP contribution >= 0.6 is 11.6 Å². The van der Waals surface area contributed by atoms with Crippen LogP contribution in [0.3, 0.4) is 0 Å². The third-order valence-electron chi connectivity index (χ3n) is 7.00. The molecule has 3 saturated carbocycles. The molecule has 0 unspecified atom stereocenters. The maximum absolute atomic E-state index is 13.6. The first kappa shape index (κ1) is 25.3. The van der Waals surface area contributed by atoms with Crippen LogP contribution in [0, 0.1) is 5.82 Å². The van der Waals surface area contributed by atoms with Gasteiger partial charge in [0.25, 0.3) is 11.8 Å². The van der Waals surface area contributed by atoms with Crippen LogP contribution in [0.25, 0.3) is 0 Å². The van der Waals surface area contributed by atoms with Crippen LogP contribution in [0.2, 0.25) is 5.02 Å². The number of rotatable bonds is 6. The van der Waals surface area contributed by atoms with Gasteiger partial charge in [-0.05, 0) is 44.2 Å². The van der Waals surface area contributed by atoms with Crippen LogP contribution < -0.4 is 15.4 Å². The average Bonchev–Trinajstić information content (AvgIpc) is 2.80. The van der Waals surface area contributed by atoms with Crippen molar-refractivity contribution in [2.24, 2.45) is 0 Å². The molecule has 10 heteroatoms. The third-order valence-corrected chi connectivity index (χ3v) is 7.31. The van der Waals surface area contributed by atoms with Crippen LogP contribution in [0.15, 0.2) is 30.6 Å². The van der Waals surface area contributed by atoms with Crippen molar-refractivity contribution in [2.75, 3.05) is 6.61 Å². The number of aliphatic hydroxyl groups is 1. The molecule has 8 nitrogen and oxygen atoms in total. The van der Waals surface area contributed by atoms with Gasteiger partial charge in [-0.1, -0.05) is 32.4 Å². The first-order chi connectivity index (χ1) is 16.4. The monoisotopic (exact) mass is 504 g/mol. The number of aliphatic hydroxyl groups excluding tert-OH is 1. The maximum atomic E-state index is 13.6. The second-order valence-corrected chi connectivity index (χ2v) is 11.0. The van der Waals surface area contributed by atoms with Crippen molar-refractivity contribution < 1.29 is 23.8 Å². The lowest BCUT2D eigenvalue weighted by Gasteiger charge is -2.56. The van der Waals surface area contributed by atoms with E-state index in [9.17, 15) is 19.1 Å². The summed E-state index contributed by atoms with van der Waals surface area (Å²) in [7, 11) is 0. The topological polar surface area (TPSA) is 113 Å². The molecule has 1 heterocycles. The molecule has 188 valence electrons. The number of hydrogen-bond donors (Lipinski definition) is 3. The number of amides is 2. The quantitative estimate of drug-likeness (QED) is 0.556. The summed E-state index contributed by atoms with van der Waals surface area (Å²) in [5, 5.41) is 16.9. The Kier molecular flexibility index (Phi) is 6.76. The van der Waals surface area contributed by atoms with E-state index in [1.165, 1.54) is 18.3 Å². The van der Waals surface area contributed by atoms with Gasteiger partial charge in [0.05, 0.1) is 28.6 Å². The van der Waals surface area contributed by atoms with Gasteiger partial charge in [0.1, 0.15) is 17.3 Å². The number of nitrogens with one attached hydrogen (secondary N) is 2. The zero-order chi connectivity index (χ0) is 25.4. The van der Waals surface area contributed by atoms with Crippen molar-refractivity contribution >= 4 is 23.4 Å². The van der Waals surface area contributed by atoms with Gasteiger partial charge < -0.3 is 20.5 Å². The largest absolute Gasteiger partial charge is 0.484 e. The van der Waals surface area contributed by atoms with Gasteiger partial charge in [-0.15, -0.1) is 0 Å². The predicted molar refractivity (Wildman–Crippen MR) is 128 cm³/mol. The number of hydrogen-bond acceptors (Lipinski definition) is 6. The minimum absolute atomic E-state index is 0.0298. The average molecular weight is 505 g/mol. The molecule has 3 aliphatic rings.